The second kappa shape index (κ2) is 8.42. The topological polar surface area (TPSA) is 89.4 Å². The van der Waals surface area contributed by atoms with Crippen LogP contribution in [0, 0.1) is 5.92 Å². The Balaban J connectivity index is 2.79. The number of carbonyl (C=O) groups excluding carboxylic acids is 2. The Morgan fingerprint density at radius 3 is 2.38 bits per heavy atom. The Bertz CT molecular complexity index is 462. The molecule has 5 heteroatoms. The molecule has 0 aliphatic heterocycles. The van der Waals surface area contributed by atoms with E-state index in [1.165, 1.54) is 4.90 Å². The number of nitrogens with two attached hydrogens (primary N) is 2. The summed E-state index contributed by atoms with van der Waals surface area (Å²) in [6.45, 7) is 4.31. The first kappa shape index (κ1) is 17.2. The third-order valence-electron chi connectivity index (χ3n) is 3.55. The molecule has 0 heterocycles. The minimum Gasteiger partial charge on any atom is -0.368 e. The summed E-state index contributed by atoms with van der Waals surface area (Å²) < 4.78 is 0. The average molecular weight is 291 g/mol. The number of unbranched alkanes of at least 4 members (excludes halogenated alkanes) is 1. The molecule has 0 spiro atoms. The lowest BCUT2D eigenvalue weighted by Gasteiger charge is -2.27. The number of rotatable bonds is 8. The molecule has 0 fully saturated rings. The molecule has 2 unspecified atom stereocenters. The quantitative estimate of drug-likeness (QED) is 0.759. The highest BCUT2D eigenvalue weighted by Crippen LogP contribution is 2.21. The minimum atomic E-state index is -0.500. The van der Waals surface area contributed by atoms with Gasteiger partial charge in [0.2, 0.25) is 11.8 Å². The summed E-state index contributed by atoms with van der Waals surface area (Å²) in [4.78, 5) is 25.2. The van der Waals surface area contributed by atoms with Crippen molar-refractivity contribution in [2.45, 2.75) is 32.7 Å². The zero-order chi connectivity index (χ0) is 15.8. The molecule has 0 aliphatic rings. The maximum absolute atomic E-state index is 12.5. The van der Waals surface area contributed by atoms with E-state index in [9.17, 15) is 9.59 Å². The fourth-order valence-electron chi connectivity index (χ4n) is 2.21. The Kier molecular flexibility index (Phi) is 6.88. The van der Waals surface area contributed by atoms with E-state index in [0.717, 1.165) is 18.4 Å². The molecule has 116 valence electrons. The van der Waals surface area contributed by atoms with Crippen molar-refractivity contribution in [1.29, 1.82) is 0 Å². The van der Waals surface area contributed by atoms with Gasteiger partial charge in [0.1, 0.15) is 0 Å². The molecule has 0 radical (unpaired) electrons. The molecule has 0 aliphatic carbocycles. The monoisotopic (exact) mass is 291 g/mol. The zero-order valence-electron chi connectivity index (χ0n) is 12.8. The van der Waals surface area contributed by atoms with Crippen LogP contribution in [0.1, 0.15) is 38.3 Å². The standard InChI is InChI=1S/C16H25N3O2/c1-3-4-10-19(11-14(17)20)16(21)12(2)15(18)13-8-6-5-7-9-13/h5-9,12,15H,3-4,10-11,18H2,1-2H3,(H2,17,20). The lowest BCUT2D eigenvalue weighted by Crippen LogP contribution is -2.44. The Morgan fingerprint density at radius 2 is 1.86 bits per heavy atom. The zero-order valence-corrected chi connectivity index (χ0v) is 12.8. The first-order valence-electron chi connectivity index (χ1n) is 7.35. The molecule has 0 saturated carbocycles. The first-order valence-corrected chi connectivity index (χ1v) is 7.35. The van der Waals surface area contributed by atoms with Gasteiger partial charge in [-0.3, -0.25) is 9.59 Å². The van der Waals surface area contributed by atoms with Crippen LogP contribution < -0.4 is 11.5 Å². The van der Waals surface area contributed by atoms with E-state index in [4.69, 9.17) is 11.5 Å². The fourth-order valence-corrected chi connectivity index (χ4v) is 2.21. The third kappa shape index (κ3) is 5.19. The van der Waals surface area contributed by atoms with Crippen LogP contribution in [0.2, 0.25) is 0 Å². The molecular weight excluding hydrogens is 266 g/mol. The summed E-state index contributed by atoms with van der Waals surface area (Å²) in [5.41, 5.74) is 12.3. The van der Waals surface area contributed by atoms with Gasteiger partial charge in [0, 0.05) is 12.6 Å². The average Bonchev–Trinajstić information content (AvgIpc) is 2.49. The summed E-state index contributed by atoms with van der Waals surface area (Å²) in [6.07, 6.45) is 1.79. The van der Waals surface area contributed by atoms with Gasteiger partial charge in [-0.1, -0.05) is 50.6 Å². The molecule has 4 N–H and O–H groups in total. The van der Waals surface area contributed by atoms with Gasteiger partial charge in [-0.15, -0.1) is 0 Å². The van der Waals surface area contributed by atoms with E-state index in [-0.39, 0.29) is 12.5 Å². The van der Waals surface area contributed by atoms with E-state index in [1.807, 2.05) is 37.3 Å². The summed E-state index contributed by atoms with van der Waals surface area (Å²) in [5, 5.41) is 0. The molecule has 0 aromatic heterocycles. The molecule has 0 bridgehead atoms. The molecular formula is C16H25N3O2. The predicted octanol–water partition coefficient (Wildman–Crippen LogP) is 1.44. The van der Waals surface area contributed by atoms with Gasteiger partial charge in [-0.05, 0) is 12.0 Å². The van der Waals surface area contributed by atoms with Crippen molar-refractivity contribution < 1.29 is 9.59 Å². The summed E-state index contributed by atoms with van der Waals surface area (Å²) in [6, 6.07) is 9.10. The smallest absolute Gasteiger partial charge is 0.237 e. The number of carbonyl (C=O) groups is 2. The molecule has 2 atom stereocenters. The third-order valence-corrected chi connectivity index (χ3v) is 3.55. The lowest BCUT2D eigenvalue weighted by atomic mass is 9.94. The van der Waals surface area contributed by atoms with E-state index < -0.39 is 17.9 Å². The molecule has 21 heavy (non-hydrogen) atoms. The largest absolute Gasteiger partial charge is 0.368 e. The van der Waals surface area contributed by atoms with Crippen LogP contribution in [0.3, 0.4) is 0 Å². The van der Waals surface area contributed by atoms with Crippen LogP contribution in [0.5, 0.6) is 0 Å². The normalized spacial score (nSPS) is 13.5. The molecule has 2 amide bonds. The minimum absolute atomic E-state index is 0.0509. The number of amides is 2. The van der Waals surface area contributed by atoms with Crippen LogP contribution in [0.4, 0.5) is 0 Å². The first-order chi connectivity index (χ1) is 9.97. The van der Waals surface area contributed by atoms with Gasteiger partial charge < -0.3 is 16.4 Å². The molecule has 0 saturated heterocycles. The Hall–Kier alpha value is -1.88. The number of hydrogen-bond donors (Lipinski definition) is 2. The lowest BCUT2D eigenvalue weighted by molar-refractivity contribution is -0.139. The van der Waals surface area contributed by atoms with E-state index in [2.05, 4.69) is 0 Å². The molecule has 1 aromatic carbocycles. The van der Waals surface area contributed by atoms with Gasteiger partial charge in [0.05, 0.1) is 12.5 Å². The van der Waals surface area contributed by atoms with Gasteiger partial charge >= 0.3 is 0 Å². The van der Waals surface area contributed by atoms with Crippen molar-refractivity contribution in [2.24, 2.45) is 17.4 Å². The summed E-state index contributed by atoms with van der Waals surface area (Å²) >= 11 is 0. The predicted molar refractivity (Wildman–Crippen MR) is 83.2 cm³/mol. The highest BCUT2D eigenvalue weighted by Gasteiger charge is 2.27. The van der Waals surface area contributed by atoms with E-state index in [1.54, 1.807) is 6.92 Å². The van der Waals surface area contributed by atoms with Crippen molar-refractivity contribution in [3.05, 3.63) is 35.9 Å². The Morgan fingerprint density at radius 1 is 1.24 bits per heavy atom. The van der Waals surface area contributed by atoms with Crippen LogP contribution in [-0.4, -0.2) is 29.8 Å². The second-order valence-electron chi connectivity index (χ2n) is 5.30. The second-order valence-corrected chi connectivity index (χ2v) is 5.30. The summed E-state index contributed by atoms with van der Waals surface area (Å²) in [7, 11) is 0. The fraction of sp³-hybridized carbons (Fsp3) is 0.500. The van der Waals surface area contributed by atoms with Gasteiger partial charge in [-0.25, -0.2) is 0 Å². The highest BCUT2D eigenvalue weighted by molar-refractivity contribution is 5.85. The molecule has 5 nitrogen and oxygen atoms in total. The maximum atomic E-state index is 12.5. The van der Waals surface area contributed by atoms with E-state index in [0.29, 0.717) is 6.54 Å². The Labute approximate surface area is 126 Å². The SMILES string of the molecule is CCCCN(CC(N)=O)C(=O)C(C)C(N)c1ccccc1. The van der Waals surface area contributed by atoms with Crippen molar-refractivity contribution in [2.75, 3.05) is 13.1 Å². The van der Waals surface area contributed by atoms with Gasteiger partial charge in [0.15, 0.2) is 0 Å². The van der Waals surface area contributed by atoms with Crippen LogP contribution in [-0.2, 0) is 9.59 Å². The van der Waals surface area contributed by atoms with Crippen molar-refractivity contribution in [3.63, 3.8) is 0 Å². The van der Waals surface area contributed by atoms with Crippen LogP contribution >= 0.6 is 0 Å². The van der Waals surface area contributed by atoms with Crippen LogP contribution in [0.25, 0.3) is 0 Å². The van der Waals surface area contributed by atoms with Gasteiger partial charge in [0.25, 0.3) is 0 Å². The number of primary amides is 1. The molecule has 1 aromatic rings. The molecule has 1 rings (SSSR count). The number of benzene rings is 1. The van der Waals surface area contributed by atoms with Crippen molar-refractivity contribution >= 4 is 11.8 Å². The summed E-state index contributed by atoms with van der Waals surface area (Å²) in [5.74, 6) is -1.03. The van der Waals surface area contributed by atoms with Crippen molar-refractivity contribution in [3.8, 4) is 0 Å². The number of hydrogen-bond acceptors (Lipinski definition) is 3. The van der Waals surface area contributed by atoms with Gasteiger partial charge in [-0.2, -0.15) is 0 Å². The van der Waals surface area contributed by atoms with E-state index >= 15 is 0 Å². The maximum Gasteiger partial charge on any atom is 0.237 e. The highest BCUT2D eigenvalue weighted by atomic mass is 16.2. The number of nitrogens with zero attached hydrogens (tertiary/aromatic N) is 1. The van der Waals surface area contributed by atoms with Crippen molar-refractivity contribution in [1.82, 2.24) is 4.90 Å². The van der Waals surface area contributed by atoms with Crippen LogP contribution in [0.15, 0.2) is 30.3 Å².